The van der Waals surface area contributed by atoms with Gasteiger partial charge in [-0.1, -0.05) is 0 Å². The van der Waals surface area contributed by atoms with Gasteiger partial charge in [0.2, 0.25) is 0 Å². The Balaban J connectivity index is 2.15. The molecule has 4 heteroatoms. The largest absolute Gasteiger partial charge is 0.493 e. The van der Waals surface area contributed by atoms with E-state index in [9.17, 15) is 4.79 Å². The Hall–Kier alpha value is -1.55. The van der Waals surface area contributed by atoms with Gasteiger partial charge in [0.25, 0.3) is 0 Å². The van der Waals surface area contributed by atoms with Crippen LogP contribution in [0, 0.1) is 0 Å². The summed E-state index contributed by atoms with van der Waals surface area (Å²) in [6.45, 7) is 1.35. The Kier molecular flexibility index (Phi) is 3.41. The van der Waals surface area contributed by atoms with E-state index in [1.54, 1.807) is 25.3 Å². The lowest BCUT2D eigenvalue weighted by Crippen LogP contribution is -2.16. The van der Waals surface area contributed by atoms with Crippen molar-refractivity contribution in [2.45, 2.75) is 12.5 Å². The second-order valence-electron chi connectivity index (χ2n) is 3.63. The van der Waals surface area contributed by atoms with Crippen LogP contribution in [0.2, 0.25) is 0 Å². The lowest BCUT2D eigenvalue weighted by atomic mass is 10.2. The highest BCUT2D eigenvalue weighted by Crippen LogP contribution is 2.29. The molecule has 0 radical (unpaired) electrons. The third kappa shape index (κ3) is 2.33. The van der Waals surface area contributed by atoms with E-state index in [4.69, 9.17) is 14.2 Å². The smallest absolute Gasteiger partial charge is 0.161 e. The van der Waals surface area contributed by atoms with Crippen molar-refractivity contribution < 1.29 is 19.0 Å². The molecule has 1 atom stereocenters. The third-order valence-electron chi connectivity index (χ3n) is 2.51. The summed E-state index contributed by atoms with van der Waals surface area (Å²) in [7, 11) is 1.56. The third-order valence-corrected chi connectivity index (χ3v) is 2.51. The molecule has 0 aliphatic carbocycles. The molecule has 1 fully saturated rings. The predicted octanol–water partition coefficient (Wildman–Crippen LogP) is 1.68. The van der Waals surface area contributed by atoms with E-state index in [-0.39, 0.29) is 6.10 Å². The molecule has 1 aromatic carbocycles. The van der Waals surface area contributed by atoms with Crippen LogP contribution in [-0.2, 0) is 4.74 Å². The van der Waals surface area contributed by atoms with Crippen LogP contribution in [0.25, 0.3) is 0 Å². The molecule has 86 valence electrons. The van der Waals surface area contributed by atoms with Crippen molar-refractivity contribution in [3.8, 4) is 11.5 Å². The van der Waals surface area contributed by atoms with Gasteiger partial charge in [0.1, 0.15) is 12.4 Å². The zero-order chi connectivity index (χ0) is 11.4. The van der Waals surface area contributed by atoms with Crippen LogP contribution in [0.15, 0.2) is 18.2 Å². The van der Waals surface area contributed by atoms with Crippen LogP contribution in [-0.4, -0.2) is 32.7 Å². The van der Waals surface area contributed by atoms with Gasteiger partial charge in [-0.25, -0.2) is 0 Å². The van der Waals surface area contributed by atoms with Crippen molar-refractivity contribution in [3.05, 3.63) is 23.8 Å². The highest BCUT2D eigenvalue weighted by Gasteiger charge is 2.18. The zero-order valence-corrected chi connectivity index (χ0v) is 9.14. The van der Waals surface area contributed by atoms with Gasteiger partial charge in [0.15, 0.2) is 11.5 Å². The topological polar surface area (TPSA) is 44.8 Å². The number of aldehydes is 1. The number of ether oxygens (including phenoxy) is 3. The van der Waals surface area contributed by atoms with Gasteiger partial charge < -0.3 is 14.2 Å². The van der Waals surface area contributed by atoms with Crippen molar-refractivity contribution in [1.29, 1.82) is 0 Å². The fourth-order valence-corrected chi connectivity index (χ4v) is 1.64. The quantitative estimate of drug-likeness (QED) is 0.727. The number of hydrogen-bond donors (Lipinski definition) is 0. The number of methoxy groups -OCH3 is 1. The maximum Gasteiger partial charge on any atom is 0.161 e. The number of rotatable bonds is 4. The maximum absolute atomic E-state index is 10.6. The first kappa shape index (κ1) is 11.0. The molecule has 1 heterocycles. The second-order valence-corrected chi connectivity index (χ2v) is 3.63. The molecular weight excluding hydrogens is 208 g/mol. The molecule has 1 saturated heterocycles. The summed E-state index contributed by atoms with van der Waals surface area (Å²) >= 11 is 0. The fourth-order valence-electron chi connectivity index (χ4n) is 1.64. The summed E-state index contributed by atoms with van der Waals surface area (Å²) in [5.41, 5.74) is 0.576. The lowest BCUT2D eigenvalue weighted by molar-refractivity contribution is 0.112. The Morgan fingerprint density at radius 3 is 2.94 bits per heavy atom. The van der Waals surface area contributed by atoms with Crippen LogP contribution < -0.4 is 9.47 Å². The molecule has 4 nitrogen and oxygen atoms in total. The van der Waals surface area contributed by atoms with Gasteiger partial charge in [0, 0.05) is 12.0 Å². The zero-order valence-electron chi connectivity index (χ0n) is 9.14. The van der Waals surface area contributed by atoms with E-state index >= 15 is 0 Å². The minimum Gasteiger partial charge on any atom is -0.493 e. The Morgan fingerprint density at radius 2 is 2.31 bits per heavy atom. The van der Waals surface area contributed by atoms with E-state index in [1.165, 1.54) is 0 Å². The molecule has 0 N–H and O–H groups in total. The van der Waals surface area contributed by atoms with Gasteiger partial charge in [0.05, 0.1) is 20.3 Å². The molecule has 1 aromatic rings. The van der Waals surface area contributed by atoms with Gasteiger partial charge in [-0.05, 0) is 18.2 Å². The summed E-state index contributed by atoms with van der Waals surface area (Å²) < 4.78 is 16.1. The van der Waals surface area contributed by atoms with Crippen molar-refractivity contribution in [2.24, 2.45) is 0 Å². The molecule has 16 heavy (non-hydrogen) atoms. The van der Waals surface area contributed by atoms with Crippen LogP contribution in [0.5, 0.6) is 11.5 Å². The SMILES string of the molecule is COc1cc(C=O)ccc1O[C@@H]1CCOC1. The molecule has 0 unspecified atom stereocenters. The van der Waals surface area contributed by atoms with Crippen LogP contribution in [0.3, 0.4) is 0 Å². The van der Waals surface area contributed by atoms with Crippen molar-refractivity contribution >= 4 is 6.29 Å². The molecule has 1 aliphatic rings. The highest BCUT2D eigenvalue weighted by molar-refractivity contribution is 5.76. The van der Waals surface area contributed by atoms with E-state index < -0.39 is 0 Å². The molecule has 0 aromatic heterocycles. The number of benzene rings is 1. The minimum absolute atomic E-state index is 0.0796. The van der Waals surface area contributed by atoms with E-state index in [1.807, 2.05) is 0 Å². The molecule has 0 bridgehead atoms. The van der Waals surface area contributed by atoms with Crippen LogP contribution >= 0.6 is 0 Å². The summed E-state index contributed by atoms with van der Waals surface area (Å²) in [6.07, 6.45) is 1.75. The predicted molar refractivity (Wildman–Crippen MR) is 58.2 cm³/mol. The molecule has 1 aliphatic heterocycles. The summed E-state index contributed by atoms with van der Waals surface area (Å²) in [5.74, 6) is 1.24. The molecular formula is C12H14O4. The average molecular weight is 222 g/mol. The Bertz CT molecular complexity index is 369. The first-order valence-corrected chi connectivity index (χ1v) is 5.21. The summed E-state index contributed by atoms with van der Waals surface area (Å²) in [5, 5.41) is 0. The van der Waals surface area contributed by atoms with E-state index in [0.29, 0.717) is 23.7 Å². The van der Waals surface area contributed by atoms with Crippen molar-refractivity contribution in [2.75, 3.05) is 20.3 Å². The Morgan fingerprint density at radius 1 is 1.44 bits per heavy atom. The fraction of sp³-hybridized carbons (Fsp3) is 0.417. The Labute approximate surface area is 94.1 Å². The van der Waals surface area contributed by atoms with E-state index in [0.717, 1.165) is 19.3 Å². The standard InChI is InChI=1S/C12H14O4/c1-14-12-6-9(7-13)2-3-11(12)16-10-4-5-15-8-10/h2-3,6-7,10H,4-5,8H2,1H3/t10-/m1/s1. The summed E-state index contributed by atoms with van der Waals surface area (Å²) in [6, 6.07) is 5.12. The molecule has 0 spiro atoms. The normalized spacial score (nSPS) is 19.4. The van der Waals surface area contributed by atoms with Gasteiger partial charge >= 0.3 is 0 Å². The molecule has 2 rings (SSSR count). The second kappa shape index (κ2) is 4.99. The average Bonchev–Trinajstić information content (AvgIpc) is 2.82. The number of carbonyl (C=O) groups excluding carboxylic acids is 1. The minimum atomic E-state index is 0.0796. The monoisotopic (exact) mass is 222 g/mol. The van der Waals surface area contributed by atoms with Gasteiger partial charge in [-0.3, -0.25) is 4.79 Å². The van der Waals surface area contributed by atoms with Crippen molar-refractivity contribution in [1.82, 2.24) is 0 Å². The van der Waals surface area contributed by atoms with Crippen LogP contribution in [0.1, 0.15) is 16.8 Å². The van der Waals surface area contributed by atoms with Gasteiger partial charge in [-0.15, -0.1) is 0 Å². The molecule has 0 saturated carbocycles. The summed E-state index contributed by atoms with van der Waals surface area (Å²) in [4.78, 5) is 10.6. The van der Waals surface area contributed by atoms with E-state index in [2.05, 4.69) is 0 Å². The first-order chi connectivity index (χ1) is 7.83. The van der Waals surface area contributed by atoms with Crippen molar-refractivity contribution in [3.63, 3.8) is 0 Å². The van der Waals surface area contributed by atoms with Crippen LogP contribution in [0.4, 0.5) is 0 Å². The number of carbonyl (C=O) groups is 1. The molecule has 0 amide bonds. The highest BCUT2D eigenvalue weighted by atomic mass is 16.6. The number of hydrogen-bond acceptors (Lipinski definition) is 4. The maximum atomic E-state index is 10.6. The first-order valence-electron chi connectivity index (χ1n) is 5.21. The van der Waals surface area contributed by atoms with Gasteiger partial charge in [-0.2, -0.15) is 0 Å². The lowest BCUT2D eigenvalue weighted by Gasteiger charge is -2.14.